The fraction of sp³-hybridized carbons (Fsp3) is 0.0714. The number of rotatable bonds is 2. The highest BCUT2D eigenvalue weighted by molar-refractivity contribution is 6.31. The summed E-state index contributed by atoms with van der Waals surface area (Å²) >= 11 is 5.69. The van der Waals surface area contributed by atoms with Crippen molar-refractivity contribution >= 4 is 23.0 Å². The summed E-state index contributed by atoms with van der Waals surface area (Å²) in [4.78, 5) is 0. The minimum atomic E-state index is -4.48. The Kier molecular flexibility index (Phi) is 3.86. The molecule has 0 aliphatic carbocycles. The lowest BCUT2D eigenvalue weighted by Crippen LogP contribution is -2.05. The van der Waals surface area contributed by atoms with Crippen LogP contribution < -0.4 is 5.32 Å². The molecule has 102 valence electrons. The number of benzene rings is 2. The van der Waals surface area contributed by atoms with Crippen molar-refractivity contribution in [1.29, 1.82) is 5.26 Å². The summed E-state index contributed by atoms with van der Waals surface area (Å²) in [5, 5.41) is 11.7. The molecule has 2 aromatic rings. The van der Waals surface area contributed by atoms with Gasteiger partial charge in [-0.25, -0.2) is 0 Å². The minimum Gasteiger partial charge on any atom is -0.354 e. The van der Waals surface area contributed by atoms with Gasteiger partial charge < -0.3 is 5.32 Å². The molecule has 0 heterocycles. The Labute approximate surface area is 118 Å². The van der Waals surface area contributed by atoms with Crippen LogP contribution in [0.15, 0.2) is 42.5 Å². The molecule has 0 aliphatic heterocycles. The predicted octanol–water partition coefficient (Wildman–Crippen LogP) is 4.97. The number of nitrogens with zero attached hydrogens (tertiary/aromatic N) is 1. The molecule has 0 saturated carbocycles. The average molecular weight is 297 g/mol. The fourth-order valence-corrected chi connectivity index (χ4v) is 1.91. The summed E-state index contributed by atoms with van der Waals surface area (Å²) in [6, 6.07) is 11.6. The second-order valence-electron chi connectivity index (χ2n) is 4.01. The molecule has 0 amide bonds. The SMILES string of the molecule is N#Cc1ccccc1Nc1cc(Cl)cc(C(F)(F)F)c1. The molecule has 0 bridgehead atoms. The van der Waals surface area contributed by atoms with E-state index in [0.29, 0.717) is 11.3 Å². The molecular weight excluding hydrogens is 289 g/mol. The van der Waals surface area contributed by atoms with E-state index in [1.165, 1.54) is 6.07 Å². The number of para-hydroxylation sites is 1. The zero-order valence-electron chi connectivity index (χ0n) is 10.0. The molecule has 6 heteroatoms. The largest absolute Gasteiger partial charge is 0.416 e. The molecule has 0 atom stereocenters. The minimum absolute atomic E-state index is 0.0308. The van der Waals surface area contributed by atoms with Crippen LogP contribution in [0.25, 0.3) is 0 Å². The van der Waals surface area contributed by atoms with E-state index in [9.17, 15) is 13.2 Å². The van der Waals surface area contributed by atoms with E-state index in [-0.39, 0.29) is 10.7 Å². The molecule has 2 aromatic carbocycles. The highest BCUT2D eigenvalue weighted by Crippen LogP contribution is 2.34. The summed E-state index contributed by atoms with van der Waals surface area (Å²) in [5.41, 5.74) is 0.0842. The summed E-state index contributed by atoms with van der Waals surface area (Å²) in [5.74, 6) is 0. The van der Waals surface area contributed by atoms with Gasteiger partial charge in [0.2, 0.25) is 0 Å². The van der Waals surface area contributed by atoms with Crippen molar-refractivity contribution in [2.75, 3.05) is 5.32 Å². The van der Waals surface area contributed by atoms with Crippen molar-refractivity contribution in [2.24, 2.45) is 0 Å². The number of nitriles is 1. The first-order valence-corrected chi connectivity index (χ1v) is 5.92. The molecule has 20 heavy (non-hydrogen) atoms. The maximum atomic E-state index is 12.7. The Morgan fingerprint density at radius 2 is 1.80 bits per heavy atom. The lowest BCUT2D eigenvalue weighted by atomic mass is 10.1. The van der Waals surface area contributed by atoms with Crippen LogP contribution in [-0.4, -0.2) is 0 Å². The standard InChI is InChI=1S/C14H8ClF3N2/c15-11-5-10(14(16,17)18)6-12(7-11)20-13-4-2-1-3-9(13)8-19/h1-7,20H. The molecule has 0 fully saturated rings. The van der Waals surface area contributed by atoms with Crippen molar-refractivity contribution in [3.05, 3.63) is 58.6 Å². The molecule has 0 spiro atoms. The van der Waals surface area contributed by atoms with E-state index < -0.39 is 11.7 Å². The number of hydrogen-bond acceptors (Lipinski definition) is 2. The smallest absolute Gasteiger partial charge is 0.354 e. The van der Waals surface area contributed by atoms with E-state index in [1.807, 2.05) is 6.07 Å². The molecule has 2 rings (SSSR count). The molecule has 2 nitrogen and oxygen atoms in total. The normalized spacial score (nSPS) is 10.9. The fourth-order valence-electron chi connectivity index (χ4n) is 1.67. The Balaban J connectivity index is 2.40. The molecule has 0 aromatic heterocycles. The van der Waals surface area contributed by atoms with Gasteiger partial charge in [0.25, 0.3) is 0 Å². The van der Waals surface area contributed by atoms with Crippen LogP contribution in [-0.2, 0) is 6.18 Å². The van der Waals surface area contributed by atoms with Crippen LogP contribution in [0.4, 0.5) is 24.5 Å². The van der Waals surface area contributed by atoms with Crippen LogP contribution in [0.1, 0.15) is 11.1 Å². The van der Waals surface area contributed by atoms with Crippen LogP contribution in [0.5, 0.6) is 0 Å². The van der Waals surface area contributed by atoms with E-state index in [1.54, 1.807) is 24.3 Å². The Morgan fingerprint density at radius 3 is 2.45 bits per heavy atom. The van der Waals surface area contributed by atoms with Crippen molar-refractivity contribution in [3.63, 3.8) is 0 Å². The molecular formula is C14H8ClF3N2. The quantitative estimate of drug-likeness (QED) is 0.849. The zero-order chi connectivity index (χ0) is 14.8. The number of halogens is 4. The molecule has 0 radical (unpaired) electrons. The lowest BCUT2D eigenvalue weighted by Gasteiger charge is -2.12. The summed E-state index contributed by atoms with van der Waals surface area (Å²) < 4.78 is 38.1. The highest BCUT2D eigenvalue weighted by Gasteiger charge is 2.31. The van der Waals surface area contributed by atoms with Gasteiger partial charge in [-0.3, -0.25) is 0 Å². The van der Waals surface area contributed by atoms with E-state index in [2.05, 4.69) is 5.32 Å². The van der Waals surface area contributed by atoms with E-state index in [0.717, 1.165) is 12.1 Å². The van der Waals surface area contributed by atoms with Crippen molar-refractivity contribution in [2.45, 2.75) is 6.18 Å². The van der Waals surface area contributed by atoms with Crippen LogP contribution in [0.2, 0.25) is 5.02 Å². The van der Waals surface area contributed by atoms with Gasteiger partial charge in [0, 0.05) is 10.7 Å². The molecule has 1 N–H and O–H groups in total. The molecule has 0 unspecified atom stereocenters. The van der Waals surface area contributed by atoms with Crippen molar-refractivity contribution < 1.29 is 13.2 Å². The third-order valence-corrected chi connectivity index (χ3v) is 2.77. The third-order valence-electron chi connectivity index (χ3n) is 2.55. The van der Waals surface area contributed by atoms with Gasteiger partial charge in [-0.05, 0) is 30.3 Å². The van der Waals surface area contributed by atoms with Gasteiger partial charge in [-0.2, -0.15) is 18.4 Å². The first-order chi connectivity index (χ1) is 9.40. The average Bonchev–Trinajstić information content (AvgIpc) is 2.37. The lowest BCUT2D eigenvalue weighted by molar-refractivity contribution is -0.137. The Morgan fingerprint density at radius 1 is 1.10 bits per heavy atom. The Hall–Kier alpha value is -2.19. The summed E-state index contributed by atoms with van der Waals surface area (Å²) in [6.07, 6.45) is -4.48. The molecule has 0 aliphatic rings. The van der Waals surface area contributed by atoms with Crippen molar-refractivity contribution in [1.82, 2.24) is 0 Å². The predicted molar refractivity (Wildman–Crippen MR) is 70.9 cm³/mol. The van der Waals surface area contributed by atoms with E-state index >= 15 is 0 Å². The summed E-state index contributed by atoms with van der Waals surface area (Å²) in [6.45, 7) is 0. The topological polar surface area (TPSA) is 35.8 Å². The van der Waals surface area contributed by atoms with Gasteiger partial charge in [0.15, 0.2) is 0 Å². The van der Waals surface area contributed by atoms with Gasteiger partial charge in [0.05, 0.1) is 16.8 Å². The monoisotopic (exact) mass is 296 g/mol. The van der Waals surface area contributed by atoms with E-state index in [4.69, 9.17) is 16.9 Å². The number of alkyl halides is 3. The van der Waals surface area contributed by atoms with Gasteiger partial charge in [-0.15, -0.1) is 0 Å². The number of nitrogens with one attached hydrogen (secondary N) is 1. The third kappa shape index (κ3) is 3.22. The number of anilines is 2. The summed E-state index contributed by atoms with van der Waals surface area (Å²) in [7, 11) is 0. The highest BCUT2D eigenvalue weighted by atomic mass is 35.5. The Bertz CT molecular complexity index is 675. The second-order valence-corrected chi connectivity index (χ2v) is 4.45. The maximum Gasteiger partial charge on any atom is 0.416 e. The first kappa shape index (κ1) is 14.2. The van der Waals surface area contributed by atoms with Crippen LogP contribution >= 0.6 is 11.6 Å². The second kappa shape index (κ2) is 5.43. The van der Waals surface area contributed by atoms with Gasteiger partial charge in [-0.1, -0.05) is 23.7 Å². The van der Waals surface area contributed by atoms with Crippen LogP contribution in [0.3, 0.4) is 0 Å². The maximum absolute atomic E-state index is 12.7. The zero-order valence-corrected chi connectivity index (χ0v) is 10.8. The molecule has 0 saturated heterocycles. The van der Waals surface area contributed by atoms with Crippen molar-refractivity contribution in [3.8, 4) is 6.07 Å². The number of hydrogen-bond donors (Lipinski definition) is 1. The van der Waals surface area contributed by atoms with Crippen LogP contribution in [0, 0.1) is 11.3 Å². The first-order valence-electron chi connectivity index (χ1n) is 5.54. The van der Waals surface area contributed by atoms with Gasteiger partial charge in [0.1, 0.15) is 6.07 Å². The van der Waals surface area contributed by atoms with Gasteiger partial charge >= 0.3 is 6.18 Å².